The maximum absolute atomic E-state index is 13.9. The van der Waals surface area contributed by atoms with Crippen LogP contribution in [0.4, 0.5) is 10.1 Å². The zero-order chi connectivity index (χ0) is 18.2. The van der Waals surface area contributed by atoms with E-state index in [9.17, 15) is 14.0 Å². The Hall–Kier alpha value is -2.73. The third-order valence-corrected chi connectivity index (χ3v) is 3.55. The molecule has 0 fully saturated rings. The molecule has 2 aromatic rings. The molecular weight excluding hydrogens is 323 g/mol. The summed E-state index contributed by atoms with van der Waals surface area (Å²) in [6.07, 6.45) is 0. The summed E-state index contributed by atoms with van der Waals surface area (Å²) in [5.41, 5.74) is 1.34. The molecule has 2 aromatic carbocycles. The lowest BCUT2D eigenvalue weighted by Crippen LogP contribution is -2.31. The summed E-state index contributed by atoms with van der Waals surface area (Å²) in [6.45, 7) is 2.47. The lowest BCUT2D eigenvalue weighted by molar-refractivity contribution is -0.114. The van der Waals surface area contributed by atoms with Crippen LogP contribution in [0.15, 0.2) is 48.5 Å². The van der Waals surface area contributed by atoms with Gasteiger partial charge in [-0.2, -0.15) is 0 Å². The molecule has 0 unspecified atom stereocenters. The van der Waals surface area contributed by atoms with E-state index in [1.807, 2.05) is 30.3 Å². The Morgan fingerprint density at radius 2 is 1.88 bits per heavy atom. The number of rotatable bonds is 7. The number of hydrogen-bond acceptors (Lipinski definition) is 3. The molecule has 0 aliphatic heterocycles. The van der Waals surface area contributed by atoms with Crippen LogP contribution in [0.25, 0.3) is 0 Å². The minimum Gasteiger partial charge on any atom is -0.375 e. The molecular formula is C19H21FN2O3. The van der Waals surface area contributed by atoms with Gasteiger partial charge in [-0.3, -0.25) is 9.59 Å². The van der Waals surface area contributed by atoms with Crippen molar-refractivity contribution in [1.29, 1.82) is 0 Å². The van der Waals surface area contributed by atoms with Crippen molar-refractivity contribution >= 4 is 17.5 Å². The van der Waals surface area contributed by atoms with E-state index in [4.69, 9.17) is 4.74 Å². The number of benzene rings is 2. The van der Waals surface area contributed by atoms with Crippen LogP contribution in [0.3, 0.4) is 0 Å². The normalized spacial score (nSPS) is 10.4. The average molecular weight is 344 g/mol. The SMILES string of the molecule is CC(=O)Nc1ccc(F)c(C(=O)N(C)CCOCc2ccccc2)c1. The van der Waals surface area contributed by atoms with Gasteiger partial charge in [0.15, 0.2) is 0 Å². The molecule has 0 saturated carbocycles. The van der Waals surface area contributed by atoms with Gasteiger partial charge in [-0.25, -0.2) is 4.39 Å². The number of hydrogen-bond donors (Lipinski definition) is 1. The first-order valence-electron chi connectivity index (χ1n) is 7.91. The fraction of sp³-hybridized carbons (Fsp3) is 0.263. The zero-order valence-electron chi connectivity index (χ0n) is 14.3. The molecule has 0 radical (unpaired) electrons. The molecule has 0 atom stereocenters. The van der Waals surface area contributed by atoms with Crippen LogP contribution >= 0.6 is 0 Å². The van der Waals surface area contributed by atoms with Crippen molar-refractivity contribution in [2.24, 2.45) is 0 Å². The highest BCUT2D eigenvalue weighted by Crippen LogP contribution is 2.16. The topological polar surface area (TPSA) is 58.6 Å². The molecule has 1 N–H and O–H groups in total. The molecule has 0 aromatic heterocycles. The quantitative estimate of drug-likeness (QED) is 0.786. The van der Waals surface area contributed by atoms with Gasteiger partial charge < -0.3 is 15.0 Å². The molecule has 5 nitrogen and oxygen atoms in total. The van der Waals surface area contributed by atoms with Crippen LogP contribution in [-0.2, 0) is 16.1 Å². The smallest absolute Gasteiger partial charge is 0.256 e. The number of nitrogens with zero attached hydrogens (tertiary/aromatic N) is 1. The maximum atomic E-state index is 13.9. The summed E-state index contributed by atoms with van der Waals surface area (Å²) >= 11 is 0. The van der Waals surface area contributed by atoms with Gasteiger partial charge in [0.25, 0.3) is 5.91 Å². The highest BCUT2D eigenvalue weighted by molar-refractivity contribution is 5.96. The van der Waals surface area contributed by atoms with Gasteiger partial charge in [0, 0.05) is 26.2 Å². The van der Waals surface area contributed by atoms with Crippen LogP contribution < -0.4 is 5.32 Å². The Bertz CT molecular complexity index is 735. The lowest BCUT2D eigenvalue weighted by Gasteiger charge is -2.18. The Balaban J connectivity index is 1.89. The highest BCUT2D eigenvalue weighted by Gasteiger charge is 2.17. The maximum Gasteiger partial charge on any atom is 0.256 e. The zero-order valence-corrected chi connectivity index (χ0v) is 14.3. The number of carbonyl (C=O) groups is 2. The molecule has 0 spiro atoms. The Labute approximate surface area is 146 Å². The molecule has 0 bridgehead atoms. The average Bonchev–Trinajstić information content (AvgIpc) is 2.60. The Kier molecular flexibility index (Phi) is 6.65. The number of ether oxygens (including phenoxy) is 1. The van der Waals surface area contributed by atoms with Gasteiger partial charge in [-0.15, -0.1) is 0 Å². The van der Waals surface area contributed by atoms with Gasteiger partial charge in [0.1, 0.15) is 5.82 Å². The van der Waals surface area contributed by atoms with E-state index in [-0.39, 0.29) is 11.5 Å². The summed E-state index contributed by atoms with van der Waals surface area (Å²) in [5, 5.41) is 2.54. The fourth-order valence-electron chi connectivity index (χ4n) is 2.24. The first-order chi connectivity index (χ1) is 12.0. The van der Waals surface area contributed by atoms with Gasteiger partial charge >= 0.3 is 0 Å². The number of carbonyl (C=O) groups excluding carboxylic acids is 2. The van der Waals surface area contributed by atoms with Crippen LogP contribution in [0, 0.1) is 5.82 Å². The molecule has 6 heteroatoms. The molecule has 0 heterocycles. The minimum absolute atomic E-state index is 0.0863. The molecule has 0 aliphatic rings. The van der Waals surface area contributed by atoms with E-state index in [1.165, 1.54) is 24.0 Å². The summed E-state index contributed by atoms with van der Waals surface area (Å²) in [4.78, 5) is 24.9. The second kappa shape index (κ2) is 8.94. The van der Waals surface area contributed by atoms with Crippen molar-refractivity contribution in [2.45, 2.75) is 13.5 Å². The number of nitrogens with one attached hydrogen (secondary N) is 1. The lowest BCUT2D eigenvalue weighted by atomic mass is 10.1. The van der Waals surface area contributed by atoms with Crippen molar-refractivity contribution in [3.63, 3.8) is 0 Å². The van der Waals surface area contributed by atoms with E-state index in [0.29, 0.717) is 25.4 Å². The van der Waals surface area contributed by atoms with Gasteiger partial charge in [-0.05, 0) is 23.8 Å². The predicted octanol–water partition coefficient (Wildman–Crippen LogP) is 3.07. The molecule has 0 aliphatic carbocycles. The van der Waals surface area contributed by atoms with Gasteiger partial charge in [0.05, 0.1) is 18.8 Å². The first kappa shape index (κ1) is 18.6. The van der Waals surface area contributed by atoms with E-state index in [0.717, 1.165) is 11.6 Å². The Morgan fingerprint density at radius 3 is 2.56 bits per heavy atom. The van der Waals surface area contributed by atoms with E-state index in [2.05, 4.69) is 5.32 Å². The molecule has 25 heavy (non-hydrogen) atoms. The fourth-order valence-corrected chi connectivity index (χ4v) is 2.24. The number of halogens is 1. The number of likely N-dealkylation sites (N-methyl/N-ethyl adjacent to an activating group) is 1. The van der Waals surface area contributed by atoms with E-state index in [1.54, 1.807) is 7.05 Å². The van der Waals surface area contributed by atoms with Gasteiger partial charge in [0.2, 0.25) is 5.91 Å². The monoisotopic (exact) mass is 344 g/mol. The molecule has 2 rings (SSSR count). The summed E-state index contributed by atoms with van der Waals surface area (Å²) in [5.74, 6) is -1.38. The van der Waals surface area contributed by atoms with Crippen LogP contribution in [-0.4, -0.2) is 36.9 Å². The van der Waals surface area contributed by atoms with E-state index >= 15 is 0 Å². The second-order valence-corrected chi connectivity index (χ2v) is 5.64. The summed E-state index contributed by atoms with van der Waals surface area (Å²) in [6, 6.07) is 13.6. The van der Waals surface area contributed by atoms with Crippen molar-refractivity contribution in [2.75, 3.05) is 25.5 Å². The second-order valence-electron chi connectivity index (χ2n) is 5.64. The van der Waals surface area contributed by atoms with Crippen molar-refractivity contribution in [1.82, 2.24) is 4.90 Å². The third-order valence-electron chi connectivity index (χ3n) is 3.55. The highest BCUT2D eigenvalue weighted by atomic mass is 19.1. The standard InChI is InChI=1S/C19H21FN2O3/c1-14(23)21-16-8-9-18(20)17(12-16)19(24)22(2)10-11-25-13-15-6-4-3-5-7-15/h3-9,12H,10-11,13H2,1-2H3,(H,21,23). The van der Waals surface area contributed by atoms with Crippen LogP contribution in [0.2, 0.25) is 0 Å². The number of amides is 2. The van der Waals surface area contributed by atoms with Crippen molar-refractivity contribution < 1.29 is 18.7 Å². The predicted molar refractivity (Wildman–Crippen MR) is 93.8 cm³/mol. The van der Waals surface area contributed by atoms with Gasteiger partial charge in [-0.1, -0.05) is 30.3 Å². The molecule has 132 valence electrons. The van der Waals surface area contributed by atoms with Crippen molar-refractivity contribution in [3.05, 3.63) is 65.5 Å². The van der Waals surface area contributed by atoms with Crippen molar-refractivity contribution in [3.8, 4) is 0 Å². The Morgan fingerprint density at radius 1 is 1.16 bits per heavy atom. The minimum atomic E-state index is -0.629. The number of anilines is 1. The van der Waals surface area contributed by atoms with Crippen LogP contribution in [0.1, 0.15) is 22.8 Å². The summed E-state index contributed by atoms with van der Waals surface area (Å²) in [7, 11) is 1.58. The molecule has 0 saturated heterocycles. The van der Waals surface area contributed by atoms with E-state index < -0.39 is 11.7 Å². The molecule has 2 amide bonds. The third kappa shape index (κ3) is 5.69. The largest absolute Gasteiger partial charge is 0.375 e. The summed E-state index contributed by atoms with van der Waals surface area (Å²) < 4.78 is 19.5. The van der Waals surface area contributed by atoms with Crippen LogP contribution in [0.5, 0.6) is 0 Å². The first-order valence-corrected chi connectivity index (χ1v) is 7.91.